The number of nitrogens with zero attached hydrogens (tertiary/aromatic N) is 1. The lowest BCUT2D eigenvalue weighted by Crippen LogP contribution is -2.39. The van der Waals surface area contributed by atoms with Gasteiger partial charge in [0.15, 0.2) is 0 Å². The highest BCUT2D eigenvalue weighted by molar-refractivity contribution is 5.95. The Bertz CT molecular complexity index is 842. The first-order valence-corrected chi connectivity index (χ1v) is 9.68. The molecular formula is C22H28N2O3. The van der Waals surface area contributed by atoms with Crippen molar-refractivity contribution in [2.75, 3.05) is 18.0 Å². The SMILES string of the molecule is Cc1cc(CCC(C)C)oc(=O)c1C(=O)NC1CCN(c2ccccc2)C1. The predicted octanol–water partition coefficient (Wildman–Crippen LogP) is 3.55. The maximum atomic E-state index is 12.7. The largest absolute Gasteiger partial charge is 0.427 e. The molecule has 0 bridgehead atoms. The Kier molecular flexibility index (Phi) is 5.99. The highest BCUT2D eigenvalue weighted by Gasteiger charge is 2.26. The molecule has 0 aliphatic carbocycles. The second-order valence-corrected chi connectivity index (χ2v) is 7.73. The summed E-state index contributed by atoms with van der Waals surface area (Å²) < 4.78 is 5.39. The number of para-hydroxylation sites is 1. The van der Waals surface area contributed by atoms with E-state index in [9.17, 15) is 9.59 Å². The summed E-state index contributed by atoms with van der Waals surface area (Å²) in [6.07, 6.45) is 2.52. The lowest BCUT2D eigenvalue weighted by molar-refractivity contribution is 0.0935. The van der Waals surface area contributed by atoms with E-state index in [1.165, 1.54) is 0 Å². The van der Waals surface area contributed by atoms with Gasteiger partial charge < -0.3 is 14.6 Å². The van der Waals surface area contributed by atoms with Crippen molar-refractivity contribution < 1.29 is 9.21 Å². The van der Waals surface area contributed by atoms with Crippen molar-refractivity contribution in [1.82, 2.24) is 5.32 Å². The van der Waals surface area contributed by atoms with Crippen LogP contribution < -0.4 is 15.8 Å². The van der Waals surface area contributed by atoms with Gasteiger partial charge in [0.1, 0.15) is 11.3 Å². The fourth-order valence-electron chi connectivity index (χ4n) is 3.51. The van der Waals surface area contributed by atoms with Crippen LogP contribution in [0.3, 0.4) is 0 Å². The van der Waals surface area contributed by atoms with Gasteiger partial charge in [0, 0.05) is 31.2 Å². The van der Waals surface area contributed by atoms with Gasteiger partial charge in [0.2, 0.25) is 0 Å². The number of carbonyl (C=O) groups is 1. The molecule has 144 valence electrons. The first-order chi connectivity index (χ1) is 12.9. The number of amides is 1. The molecule has 1 aromatic heterocycles. The van der Waals surface area contributed by atoms with Gasteiger partial charge in [-0.2, -0.15) is 0 Å². The average molecular weight is 368 g/mol. The van der Waals surface area contributed by atoms with E-state index in [1.807, 2.05) is 24.3 Å². The fraction of sp³-hybridized carbons (Fsp3) is 0.455. The van der Waals surface area contributed by atoms with Gasteiger partial charge in [-0.3, -0.25) is 4.79 Å². The Morgan fingerprint density at radius 2 is 2.04 bits per heavy atom. The minimum Gasteiger partial charge on any atom is -0.427 e. The van der Waals surface area contributed by atoms with Crippen LogP contribution in [0.4, 0.5) is 5.69 Å². The third-order valence-corrected chi connectivity index (χ3v) is 5.04. The van der Waals surface area contributed by atoms with Crippen molar-refractivity contribution in [3.05, 3.63) is 63.7 Å². The monoisotopic (exact) mass is 368 g/mol. The number of nitrogens with one attached hydrogen (secondary N) is 1. The zero-order chi connectivity index (χ0) is 19.4. The Morgan fingerprint density at radius 1 is 1.30 bits per heavy atom. The minimum atomic E-state index is -0.538. The smallest absolute Gasteiger partial charge is 0.349 e. The van der Waals surface area contributed by atoms with Gasteiger partial charge in [0.25, 0.3) is 5.91 Å². The first-order valence-electron chi connectivity index (χ1n) is 9.68. The van der Waals surface area contributed by atoms with Crippen molar-refractivity contribution >= 4 is 11.6 Å². The number of benzene rings is 1. The van der Waals surface area contributed by atoms with E-state index < -0.39 is 5.63 Å². The van der Waals surface area contributed by atoms with E-state index >= 15 is 0 Å². The molecule has 1 fully saturated rings. The highest BCUT2D eigenvalue weighted by Crippen LogP contribution is 2.20. The zero-order valence-corrected chi connectivity index (χ0v) is 16.3. The molecule has 2 heterocycles. The topological polar surface area (TPSA) is 62.6 Å². The number of rotatable bonds is 6. The summed E-state index contributed by atoms with van der Waals surface area (Å²) >= 11 is 0. The van der Waals surface area contributed by atoms with Gasteiger partial charge in [-0.15, -0.1) is 0 Å². The molecule has 0 radical (unpaired) electrons. The standard InChI is InChI=1S/C22H28N2O3/c1-15(2)9-10-19-13-16(3)20(22(26)27-19)21(25)23-17-11-12-24(14-17)18-7-5-4-6-8-18/h4-8,13,15,17H,9-12,14H2,1-3H3,(H,23,25). The summed E-state index contributed by atoms with van der Waals surface area (Å²) in [4.78, 5) is 27.3. The van der Waals surface area contributed by atoms with Gasteiger partial charge >= 0.3 is 5.63 Å². The Hall–Kier alpha value is -2.56. The van der Waals surface area contributed by atoms with Crippen molar-refractivity contribution in [2.45, 2.75) is 46.1 Å². The van der Waals surface area contributed by atoms with E-state index in [0.717, 1.165) is 31.6 Å². The van der Waals surface area contributed by atoms with E-state index in [0.29, 0.717) is 23.7 Å². The number of hydrogen-bond donors (Lipinski definition) is 1. The van der Waals surface area contributed by atoms with Crippen LogP contribution in [0.1, 0.15) is 48.4 Å². The Balaban J connectivity index is 1.65. The van der Waals surface area contributed by atoms with Gasteiger partial charge in [-0.1, -0.05) is 32.0 Å². The molecule has 1 saturated heterocycles. The third-order valence-electron chi connectivity index (χ3n) is 5.04. The number of hydrogen-bond acceptors (Lipinski definition) is 4. The number of aryl methyl sites for hydroxylation is 2. The van der Waals surface area contributed by atoms with Crippen LogP contribution in [0, 0.1) is 12.8 Å². The lowest BCUT2D eigenvalue weighted by Gasteiger charge is -2.19. The summed E-state index contributed by atoms with van der Waals surface area (Å²) in [5.41, 5.74) is 1.42. The molecule has 1 amide bonds. The molecule has 27 heavy (non-hydrogen) atoms. The predicted molar refractivity (Wildman–Crippen MR) is 107 cm³/mol. The van der Waals surface area contributed by atoms with Gasteiger partial charge in [0.05, 0.1) is 0 Å². The summed E-state index contributed by atoms with van der Waals surface area (Å²) in [6.45, 7) is 7.69. The summed E-state index contributed by atoms with van der Waals surface area (Å²) in [5, 5.41) is 3.01. The van der Waals surface area contributed by atoms with Gasteiger partial charge in [-0.05, 0) is 49.4 Å². The number of anilines is 1. The van der Waals surface area contributed by atoms with Crippen LogP contribution in [-0.4, -0.2) is 25.0 Å². The van der Waals surface area contributed by atoms with E-state index in [1.54, 1.807) is 6.92 Å². The number of carbonyl (C=O) groups excluding carboxylic acids is 1. The Morgan fingerprint density at radius 3 is 2.70 bits per heavy atom. The van der Waals surface area contributed by atoms with Crippen molar-refractivity contribution in [3.8, 4) is 0 Å². The molecule has 0 saturated carbocycles. The lowest BCUT2D eigenvalue weighted by atomic mass is 10.0. The maximum Gasteiger partial charge on any atom is 0.349 e. The average Bonchev–Trinajstić information content (AvgIpc) is 3.08. The molecule has 3 rings (SSSR count). The molecule has 1 aromatic carbocycles. The Labute approximate surface area is 160 Å². The molecule has 2 aromatic rings. The third kappa shape index (κ3) is 4.79. The van der Waals surface area contributed by atoms with Crippen molar-refractivity contribution in [3.63, 3.8) is 0 Å². The van der Waals surface area contributed by atoms with Crippen LogP contribution in [0.15, 0.2) is 45.6 Å². The van der Waals surface area contributed by atoms with E-state index in [4.69, 9.17) is 4.42 Å². The molecule has 5 nitrogen and oxygen atoms in total. The molecule has 1 atom stereocenters. The first kappa shape index (κ1) is 19.2. The molecule has 0 spiro atoms. The fourth-order valence-corrected chi connectivity index (χ4v) is 3.51. The minimum absolute atomic E-state index is 0.0251. The molecule has 1 N–H and O–H groups in total. The van der Waals surface area contributed by atoms with E-state index in [-0.39, 0.29) is 17.5 Å². The molecular weight excluding hydrogens is 340 g/mol. The van der Waals surface area contributed by atoms with Crippen molar-refractivity contribution in [2.24, 2.45) is 5.92 Å². The summed E-state index contributed by atoms with van der Waals surface area (Å²) in [7, 11) is 0. The normalized spacial score (nSPS) is 16.7. The molecule has 1 aliphatic heterocycles. The maximum absolute atomic E-state index is 12.7. The summed E-state index contributed by atoms with van der Waals surface area (Å²) in [6, 6.07) is 12.0. The molecule has 1 unspecified atom stereocenters. The van der Waals surface area contributed by atoms with Crippen LogP contribution in [-0.2, 0) is 6.42 Å². The van der Waals surface area contributed by atoms with Crippen LogP contribution in [0.5, 0.6) is 0 Å². The van der Waals surface area contributed by atoms with Crippen LogP contribution in [0.2, 0.25) is 0 Å². The van der Waals surface area contributed by atoms with Crippen molar-refractivity contribution in [1.29, 1.82) is 0 Å². The second-order valence-electron chi connectivity index (χ2n) is 7.73. The highest BCUT2D eigenvalue weighted by atomic mass is 16.4. The van der Waals surface area contributed by atoms with Gasteiger partial charge in [-0.25, -0.2) is 4.79 Å². The van der Waals surface area contributed by atoms with Crippen LogP contribution >= 0.6 is 0 Å². The summed E-state index contributed by atoms with van der Waals surface area (Å²) in [5.74, 6) is 0.851. The second kappa shape index (κ2) is 8.42. The molecule has 1 aliphatic rings. The van der Waals surface area contributed by atoms with E-state index in [2.05, 4.69) is 36.2 Å². The zero-order valence-electron chi connectivity index (χ0n) is 16.3. The molecule has 5 heteroatoms. The quantitative estimate of drug-likeness (QED) is 0.847. The van der Waals surface area contributed by atoms with Crippen LogP contribution in [0.25, 0.3) is 0 Å².